The molecule has 44 heavy (non-hydrogen) atoms. The fourth-order valence-electron chi connectivity index (χ4n) is 8.72. The molecule has 0 aliphatic carbocycles. The number of oxazole rings is 1. The summed E-state index contributed by atoms with van der Waals surface area (Å²) in [4.78, 5) is 37.8. The first-order chi connectivity index (χ1) is 21.5. The van der Waals surface area contributed by atoms with Crippen LogP contribution in [0, 0.1) is 6.92 Å². The number of hydrogen-bond acceptors (Lipinski definition) is 5. The van der Waals surface area contributed by atoms with Crippen molar-refractivity contribution in [1.82, 2.24) is 24.3 Å². The molecule has 0 radical (unpaired) electrons. The minimum absolute atomic E-state index is 0.0292. The lowest BCUT2D eigenvalue weighted by Crippen LogP contribution is -2.49. The molecule has 2 aromatic heterocycles. The van der Waals surface area contributed by atoms with Gasteiger partial charge in [0.25, 0.3) is 5.91 Å². The zero-order chi connectivity index (χ0) is 29.8. The number of para-hydroxylation sites is 3. The molecule has 2 bridgehead atoms. The van der Waals surface area contributed by atoms with Crippen molar-refractivity contribution >= 4 is 28.0 Å². The van der Waals surface area contributed by atoms with Crippen LogP contribution in [0.3, 0.4) is 0 Å². The van der Waals surface area contributed by atoms with Crippen LogP contribution < -0.4 is 5.76 Å². The summed E-state index contributed by atoms with van der Waals surface area (Å²) in [5.41, 5.74) is 5.19. The van der Waals surface area contributed by atoms with Gasteiger partial charge in [-0.3, -0.25) is 14.7 Å². The van der Waals surface area contributed by atoms with Crippen molar-refractivity contribution in [2.24, 2.45) is 0 Å². The average molecular weight is 590 g/mol. The molecule has 5 heterocycles. The largest absolute Gasteiger partial charge is 0.417 e. The number of aromatic amines is 1. The zero-order valence-electron chi connectivity index (χ0n) is 25.2. The molecule has 3 atom stereocenters. The monoisotopic (exact) mass is 589 g/mol. The van der Waals surface area contributed by atoms with E-state index in [4.69, 9.17) is 9.40 Å². The highest BCUT2D eigenvalue weighted by Gasteiger charge is 2.44. The van der Waals surface area contributed by atoms with Crippen molar-refractivity contribution in [1.29, 1.82) is 0 Å². The number of amides is 1. The van der Waals surface area contributed by atoms with Gasteiger partial charge in [-0.1, -0.05) is 48.5 Å². The quantitative estimate of drug-likeness (QED) is 0.254. The van der Waals surface area contributed by atoms with Crippen LogP contribution in [0.5, 0.6) is 0 Å². The zero-order valence-corrected chi connectivity index (χ0v) is 25.2. The third-order valence-corrected chi connectivity index (χ3v) is 10.9. The molecule has 3 saturated heterocycles. The minimum atomic E-state index is -0.534. The Bertz CT molecular complexity index is 1870. The highest BCUT2D eigenvalue weighted by atomic mass is 16.4. The van der Waals surface area contributed by atoms with E-state index >= 15 is 0 Å². The molecule has 3 aliphatic rings. The van der Waals surface area contributed by atoms with Gasteiger partial charge in [0, 0.05) is 31.2 Å². The standard InChI is InChI=1S/C36H39N5O3/c1-24-37-30-11-5-6-12-31(30)41(24)28-22-26-14-15-27(23-28)40(26)21-18-36(25-8-3-2-4-9-25)16-19-39(20-17-36)34(42)29-10-7-13-32-33(29)38-35(43)44-32/h2-13,26-28H,14-23H2,1H3,(H,38,43)/t26-,27+,28+. The summed E-state index contributed by atoms with van der Waals surface area (Å²) < 4.78 is 7.72. The van der Waals surface area contributed by atoms with Gasteiger partial charge in [-0.2, -0.15) is 0 Å². The molecule has 8 rings (SSSR count). The number of fused-ring (bicyclic) bond motifs is 4. The summed E-state index contributed by atoms with van der Waals surface area (Å²) in [6.45, 7) is 4.62. The molecule has 0 unspecified atom stereocenters. The molecular formula is C36H39N5O3. The van der Waals surface area contributed by atoms with Crippen molar-refractivity contribution < 1.29 is 9.21 Å². The molecule has 0 spiro atoms. The summed E-state index contributed by atoms with van der Waals surface area (Å²) in [6, 6.07) is 26.5. The molecule has 3 aromatic carbocycles. The molecule has 8 nitrogen and oxygen atoms in total. The molecule has 5 aromatic rings. The number of carbonyl (C=O) groups is 1. The number of H-pyrrole nitrogens is 1. The van der Waals surface area contributed by atoms with E-state index in [1.807, 2.05) is 4.90 Å². The second kappa shape index (κ2) is 10.8. The first kappa shape index (κ1) is 27.4. The molecule has 0 saturated carbocycles. The van der Waals surface area contributed by atoms with E-state index in [-0.39, 0.29) is 11.3 Å². The van der Waals surface area contributed by atoms with E-state index in [1.54, 1.807) is 18.2 Å². The molecule has 1 amide bonds. The van der Waals surface area contributed by atoms with Crippen molar-refractivity contribution in [3.05, 3.63) is 100 Å². The van der Waals surface area contributed by atoms with Gasteiger partial charge in [0.05, 0.1) is 22.1 Å². The van der Waals surface area contributed by atoms with Crippen LogP contribution in [-0.4, -0.2) is 62.0 Å². The average Bonchev–Trinajstić information content (AvgIpc) is 3.68. The lowest BCUT2D eigenvalue weighted by molar-refractivity contribution is 0.0608. The van der Waals surface area contributed by atoms with Gasteiger partial charge in [0.1, 0.15) is 5.82 Å². The van der Waals surface area contributed by atoms with Gasteiger partial charge in [-0.15, -0.1) is 0 Å². The van der Waals surface area contributed by atoms with Gasteiger partial charge in [0.15, 0.2) is 5.58 Å². The number of carbonyl (C=O) groups excluding carboxylic acids is 1. The number of hydrogen-bond donors (Lipinski definition) is 1. The van der Waals surface area contributed by atoms with Crippen LogP contribution in [0.25, 0.3) is 22.1 Å². The van der Waals surface area contributed by atoms with Crippen LogP contribution in [-0.2, 0) is 5.41 Å². The van der Waals surface area contributed by atoms with Crippen LogP contribution in [0.4, 0.5) is 0 Å². The fraction of sp³-hybridized carbons (Fsp3) is 0.417. The number of aromatic nitrogens is 3. The van der Waals surface area contributed by atoms with E-state index in [2.05, 4.69) is 76.0 Å². The van der Waals surface area contributed by atoms with Crippen molar-refractivity contribution in [2.75, 3.05) is 19.6 Å². The highest BCUT2D eigenvalue weighted by Crippen LogP contribution is 2.45. The molecule has 226 valence electrons. The smallest absolute Gasteiger partial charge is 0.408 e. The van der Waals surface area contributed by atoms with E-state index in [9.17, 15) is 9.59 Å². The van der Waals surface area contributed by atoms with Gasteiger partial charge in [-0.25, -0.2) is 9.78 Å². The van der Waals surface area contributed by atoms with Crippen LogP contribution in [0.1, 0.15) is 72.7 Å². The maximum absolute atomic E-state index is 13.7. The van der Waals surface area contributed by atoms with E-state index in [0.717, 1.165) is 37.1 Å². The summed E-state index contributed by atoms with van der Waals surface area (Å²) >= 11 is 0. The second-order valence-corrected chi connectivity index (χ2v) is 13.1. The van der Waals surface area contributed by atoms with Gasteiger partial charge in [-0.05, 0) is 93.7 Å². The molecule has 1 N–H and O–H groups in total. The van der Waals surface area contributed by atoms with Gasteiger partial charge >= 0.3 is 5.76 Å². The van der Waals surface area contributed by atoms with E-state index in [0.29, 0.717) is 47.9 Å². The fourth-order valence-corrected chi connectivity index (χ4v) is 8.72. The first-order valence-electron chi connectivity index (χ1n) is 16.2. The number of rotatable bonds is 6. The Morgan fingerprint density at radius 2 is 1.66 bits per heavy atom. The van der Waals surface area contributed by atoms with Crippen molar-refractivity contribution in [3.63, 3.8) is 0 Å². The summed E-state index contributed by atoms with van der Waals surface area (Å²) in [5, 5.41) is 0. The van der Waals surface area contributed by atoms with Crippen LogP contribution in [0.15, 0.2) is 82.0 Å². The summed E-state index contributed by atoms with van der Waals surface area (Å²) in [7, 11) is 0. The summed E-state index contributed by atoms with van der Waals surface area (Å²) in [5.74, 6) is 0.550. The minimum Gasteiger partial charge on any atom is -0.408 e. The third-order valence-electron chi connectivity index (χ3n) is 10.9. The van der Waals surface area contributed by atoms with Crippen molar-refractivity contribution in [3.8, 4) is 0 Å². The molecule has 8 heteroatoms. The SMILES string of the molecule is Cc1nc2ccccc2n1[C@H]1C[C@H]2CC[C@@H](C1)N2CCC1(c2ccccc2)CCN(C(=O)c2cccc3oc(=O)[nH]c23)CC1. The van der Waals surface area contributed by atoms with Crippen LogP contribution >= 0.6 is 0 Å². The van der Waals surface area contributed by atoms with E-state index in [1.165, 1.54) is 36.8 Å². The molecular weight excluding hydrogens is 550 g/mol. The predicted molar refractivity (Wildman–Crippen MR) is 171 cm³/mol. The Balaban J connectivity index is 0.992. The Morgan fingerprint density at radius 3 is 2.43 bits per heavy atom. The number of piperidine rings is 2. The number of aryl methyl sites for hydroxylation is 1. The predicted octanol–water partition coefficient (Wildman–Crippen LogP) is 6.21. The van der Waals surface area contributed by atoms with Crippen LogP contribution in [0.2, 0.25) is 0 Å². The second-order valence-electron chi connectivity index (χ2n) is 13.1. The van der Waals surface area contributed by atoms with Gasteiger partial charge < -0.3 is 13.9 Å². The number of nitrogens with zero attached hydrogens (tertiary/aromatic N) is 4. The topological polar surface area (TPSA) is 87.4 Å². The van der Waals surface area contributed by atoms with Gasteiger partial charge in [0.2, 0.25) is 0 Å². The first-order valence-corrected chi connectivity index (χ1v) is 16.2. The molecule has 3 fully saturated rings. The Kier molecular flexibility index (Phi) is 6.70. The lowest BCUT2D eigenvalue weighted by atomic mass is 9.70. The normalized spacial score (nSPS) is 23.5. The van der Waals surface area contributed by atoms with Crippen molar-refractivity contribution in [2.45, 2.75) is 75.4 Å². The third kappa shape index (κ3) is 4.58. The lowest BCUT2D eigenvalue weighted by Gasteiger charge is -2.45. The highest BCUT2D eigenvalue weighted by molar-refractivity contribution is 6.04. The number of benzene rings is 3. The number of likely N-dealkylation sites (tertiary alicyclic amines) is 1. The maximum atomic E-state index is 13.7. The Morgan fingerprint density at radius 1 is 0.932 bits per heavy atom. The summed E-state index contributed by atoms with van der Waals surface area (Å²) in [6.07, 6.45) is 7.85. The van der Waals surface area contributed by atoms with E-state index < -0.39 is 5.76 Å². The maximum Gasteiger partial charge on any atom is 0.417 e. The Hall–Kier alpha value is -4.17. The number of nitrogens with one attached hydrogen (secondary N) is 1. The Labute approximate surface area is 256 Å². The number of imidazole rings is 1. The molecule has 3 aliphatic heterocycles.